The molecule has 10 nitrogen and oxygen atoms in total. The molecule has 1 rings (SSSR count). The Morgan fingerprint density at radius 1 is 1.36 bits per heavy atom. The summed E-state index contributed by atoms with van der Waals surface area (Å²) in [4.78, 5) is 23.9. The van der Waals surface area contributed by atoms with E-state index >= 15 is 0 Å². The average molecular weight is 314 g/mol. The number of carbonyl (C=O) groups is 2. The van der Waals surface area contributed by atoms with Gasteiger partial charge in [0.15, 0.2) is 0 Å². The number of aliphatic hydroxyl groups is 1. The second kappa shape index (κ2) is 8.27. The monoisotopic (exact) mass is 314 g/mol. The Morgan fingerprint density at radius 2 is 2.09 bits per heavy atom. The van der Waals surface area contributed by atoms with Gasteiger partial charge in [0.2, 0.25) is 5.91 Å². The number of anilines is 1. The van der Waals surface area contributed by atoms with Gasteiger partial charge in [-0.3, -0.25) is 10.1 Å². The third-order valence-electron chi connectivity index (χ3n) is 2.49. The molecule has 0 unspecified atom stereocenters. The average Bonchev–Trinajstić information content (AvgIpc) is 2.88. The molecule has 1 atom stereocenters. The Morgan fingerprint density at radius 3 is 2.64 bits per heavy atom. The largest absolute Gasteiger partial charge is 0.444 e. The Balaban J connectivity index is 2.61. The highest BCUT2D eigenvalue weighted by Crippen LogP contribution is 2.09. The van der Waals surface area contributed by atoms with E-state index < -0.39 is 23.6 Å². The number of amides is 2. The maximum atomic E-state index is 12.1. The van der Waals surface area contributed by atoms with Crippen LogP contribution in [-0.2, 0) is 9.53 Å². The summed E-state index contributed by atoms with van der Waals surface area (Å²) in [6.07, 6.45) is 0.756. The first-order valence-corrected chi connectivity index (χ1v) is 6.96. The summed E-state index contributed by atoms with van der Waals surface area (Å²) >= 11 is 0. The third-order valence-corrected chi connectivity index (χ3v) is 2.49. The highest BCUT2D eigenvalue weighted by atomic mass is 16.6. The number of rotatable bonds is 7. The van der Waals surface area contributed by atoms with Crippen molar-refractivity contribution < 1.29 is 19.4 Å². The van der Waals surface area contributed by atoms with Crippen molar-refractivity contribution in [3.63, 3.8) is 0 Å². The van der Waals surface area contributed by atoms with E-state index in [2.05, 4.69) is 31.3 Å². The summed E-state index contributed by atoms with van der Waals surface area (Å²) in [6.45, 7) is 5.21. The number of H-pyrrole nitrogens is 1. The summed E-state index contributed by atoms with van der Waals surface area (Å²) in [7, 11) is 0. The number of nitrogens with one attached hydrogen (secondary N) is 3. The molecule has 1 aromatic heterocycles. The Kier molecular flexibility index (Phi) is 6.70. The van der Waals surface area contributed by atoms with Gasteiger partial charge in [0.25, 0.3) is 5.95 Å². The third kappa shape index (κ3) is 6.97. The molecule has 0 aromatic carbocycles. The fourth-order valence-corrected chi connectivity index (χ4v) is 1.59. The van der Waals surface area contributed by atoms with Gasteiger partial charge in [0.1, 0.15) is 11.6 Å². The van der Waals surface area contributed by atoms with Crippen molar-refractivity contribution in [2.45, 2.75) is 51.7 Å². The summed E-state index contributed by atoms with van der Waals surface area (Å²) in [5.74, 6) is -0.464. The zero-order valence-corrected chi connectivity index (χ0v) is 12.9. The fraction of sp³-hybridized carbons (Fsp3) is 0.750. The van der Waals surface area contributed by atoms with E-state index in [1.165, 1.54) is 0 Å². The van der Waals surface area contributed by atoms with Crippen molar-refractivity contribution in [3.8, 4) is 0 Å². The molecule has 10 heteroatoms. The minimum Gasteiger partial charge on any atom is -0.444 e. The lowest BCUT2D eigenvalue weighted by Crippen LogP contribution is -2.46. The predicted octanol–water partition coefficient (Wildman–Crippen LogP) is 0.194. The summed E-state index contributed by atoms with van der Waals surface area (Å²) in [6, 6.07) is -0.820. The van der Waals surface area contributed by atoms with Gasteiger partial charge in [-0.05, 0) is 45.2 Å². The van der Waals surface area contributed by atoms with Gasteiger partial charge in [-0.25, -0.2) is 4.79 Å². The molecule has 0 aliphatic rings. The van der Waals surface area contributed by atoms with Crippen molar-refractivity contribution >= 4 is 17.9 Å². The van der Waals surface area contributed by atoms with Gasteiger partial charge >= 0.3 is 6.09 Å². The van der Waals surface area contributed by atoms with Crippen LogP contribution < -0.4 is 10.6 Å². The minimum absolute atomic E-state index is 0.0168. The smallest absolute Gasteiger partial charge is 0.408 e. The maximum Gasteiger partial charge on any atom is 0.408 e. The molecule has 0 bridgehead atoms. The highest BCUT2D eigenvalue weighted by molar-refractivity contribution is 5.95. The predicted molar refractivity (Wildman–Crippen MR) is 76.9 cm³/mol. The van der Waals surface area contributed by atoms with Crippen molar-refractivity contribution in [1.82, 2.24) is 25.9 Å². The Hall–Kier alpha value is -2.23. The van der Waals surface area contributed by atoms with Crippen LogP contribution in [-0.4, -0.2) is 56.0 Å². The van der Waals surface area contributed by atoms with E-state index in [1.54, 1.807) is 20.8 Å². The molecule has 0 aliphatic heterocycles. The maximum absolute atomic E-state index is 12.1. The van der Waals surface area contributed by atoms with Crippen LogP contribution in [0.25, 0.3) is 0 Å². The molecule has 0 radical (unpaired) electrons. The van der Waals surface area contributed by atoms with E-state index in [-0.39, 0.29) is 12.6 Å². The number of nitrogens with zero attached hydrogens (tertiary/aromatic N) is 3. The second-order valence-corrected chi connectivity index (χ2v) is 5.64. The van der Waals surface area contributed by atoms with E-state index in [1.807, 2.05) is 0 Å². The summed E-state index contributed by atoms with van der Waals surface area (Å²) in [5.41, 5.74) is -0.663. The van der Waals surface area contributed by atoms with Crippen molar-refractivity contribution in [1.29, 1.82) is 0 Å². The van der Waals surface area contributed by atoms with Gasteiger partial charge in [0.05, 0.1) is 0 Å². The molecule has 4 N–H and O–H groups in total. The fourth-order valence-electron chi connectivity index (χ4n) is 1.59. The SMILES string of the molecule is CC(C)(C)OC(=O)N[C@@H](CCCCO)C(=O)Nc1nn[nH]n1. The van der Waals surface area contributed by atoms with E-state index in [4.69, 9.17) is 9.84 Å². The van der Waals surface area contributed by atoms with Crippen LogP contribution in [0.5, 0.6) is 0 Å². The number of ether oxygens (including phenoxy) is 1. The topological polar surface area (TPSA) is 142 Å². The Bertz CT molecular complexity index is 470. The molecule has 1 heterocycles. The van der Waals surface area contributed by atoms with E-state index in [9.17, 15) is 9.59 Å². The zero-order valence-electron chi connectivity index (χ0n) is 12.9. The number of unbranched alkanes of at least 4 members (excludes halogenated alkanes) is 1. The molecule has 0 saturated carbocycles. The standard InChI is InChI=1S/C12H22N6O4/c1-12(2,3)22-11(21)13-8(6-4-5-7-19)9(20)14-10-15-17-18-16-10/h8,19H,4-7H2,1-3H3,(H,13,21)(H2,14,15,16,17,18,20)/t8-/m0/s1. The molecular formula is C12H22N6O4. The number of aromatic nitrogens is 4. The van der Waals surface area contributed by atoms with Crippen LogP contribution in [0, 0.1) is 0 Å². The molecule has 22 heavy (non-hydrogen) atoms. The number of alkyl carbamates (subject to hydrolysis) is 1. The quantitative estimate of drug-likeness (QED) is 0.526. The van der Waals surface area contributed by atoms with Gasteiger partial charge < -0.3 is 15.2 Å². The number of hydrogen-bond donors (Lipinski definition) is 4. The molecule has 124 valence electrons. The van der Waals surface area contributed by atoms with E-state index in [0.29, 0.717) is 19.3 Å². The normalized spacial score (nSPS) is 12.5. The zero-order chi connectivity index (χ0) is 16.6. The van der Waals surface area contributed by atoms with Gasteiger partial charge in [-0.2, -0.15) is 5.21 Å². The minimum atomic E-state index is -0.820. The van der Waals surface area contributed by atoms with Crippen LogP contribution >= 0.6 is 0 Å². The van der Waals surface area contributed by atoms with Crippen LogP contribution in [0.3, 0.4) is 0 Å². The highest BCUT2D eigenvalue weighted by Gasteiger charge is 2.24. The van der Waals surface area contributed by atoms with Crippen LogP contribution in [0.1, 0.15) is 40.0 Å². The first kappa shape index (κ1) is 17.8. The van der Waals surface area contributed by atoms with E-state index in [0.717, 1.165) is 0 Å². The summed E-state index contributed by atoms with van der Waals surface area (Å²) in [5, 5.41) is 26.5. The second-order valence-electron chi connectivity index (χ2n) is 5.64. The van der Waals surface area contributed by atoms with Crippen molar-refractivity contribution in [2.24, 2.45) is 0 Å². The van der Waals surface area contributed by atoms with Crippen LogP contribution in [0.15, 0.2) is 0 Å². The molecule has 0 spiro atoms. The van der Waals surface area contributed by atoms with Gasteiger partial charge in [-0.1, -0.05) is 5.10 Å². The lowest BCUT2D eigenvalue weighted by Gasteiger charge is -2.23. The molecule has 0 aliphatic carbocycles. The molecule has 2 amide bonds. The molecule has 0 saturated heterocycles. The number of carbonyl (C=O) groups excluding carboxylic acids is 2. The lowest BCUT2D eigenvalue weighted by molar-refractivity contribution is -0.118. The first-order chi connectivity index (χ1) is 10.3. The Labute approximate surface area is 128 Å². The molecule has 0 fully saturated rings. The van der Waals surface area contributed by atoms with Crippen molar-refractivity contribution in [2.75, 3.05) is 11.9 Å². The van der Waals surface area contributed by atoms with Crippen molar-refractivity contribution in [3.05, 3.63) is 0 Å². The first-order valence-electron chi connectivity index (χ1n) is 6.96. The number of aromatic amines is 1. The van der Waals surface area contributed by atoms with Crippen LogP contribution in [0.2, 0.25) is 0 Å². The number of hydrogen-bond acceptors (Lipinski definition) is 7. The summed E-state index contributed by atoms with van der Waals surface area (Å²) < 4.78 is 5.13. The molecular weight excluding hydrogens is 292 g/mol. The van der Waals surface area contributed by atoms with Gasteiger partial charge in [0, 0.05) is 6.61 Å². The lowest BCUT2D eigenvalue weighted by atomic mass is 10.1. The molecule has 1 aromatic rings. The van der Waals surface area contributed by atoms with Gasteiger partial charge in [-0.15, -0.1) is 5.10 Å². The number of aliphatic hydroxyl groups excluding tert-OH is 1. The van der Waals surface area contributed by atoms with Crippen LogP contribution in [0.4, 0.5) is 10.7 Å². The number of tetrazole rings is 1.